The van der Waals surface area contributed by atoms with Crippen molar-refractivity contribution < 1.29 is 12.9 Å². The Labute approximate surface area is 107 Å². The normalized spacial score (nSPS) is 14.9. The zero-order valence-electron chi connectivity index (χ0n) is 10.5. The molecule has 98 valence electrons. The van der Waals surface area contributed by atoms with Crippen LogP contribution in [-0.4, -0.2) is 24.5 Å². The lowest BCUT2D eigenvalue weighted by Crippen LogP contribution is -2.49. The molecule has 0 aliphatic carbocycles. The van der Waals surface area contributed by atoms with Crippen LogP contribution in [0.15, 0.2) is 9.42 Å². The molecule has 1 heterocycles. The Morgan fingerprint density at radius 2 is 1.94 bits per heavy atom. The number of aryl methyl sites for hydroxylation is 2. The van der Waals surface area contributed by atoms with Crippen molar-refractivity contribution in [3.05, 3.63) is 11.5 Å². The van der Waals surface area contributed by atoms with Gasteiger partial charge in [0.25, 0.3) is 0 Å². The third-order valence-corrected chi connectivity index (χ3v) is 5.09. The van der Waals surface area contributed by atoms with E-state index in [1.165, 1.54) is 0 Å². The van der Waals surface area contributed by atoms with Crippen molar-refractivity contribution in [1.29, 1.82) is 0 Å². The van der Waals surface area contributed by atoms with Crippen molar-refractivity contribution in [3.63, 3.8) is 0 Å². The highest BCUT2D eigenvalue weighted by Gasteiger charge is 2.33. The Morgan fingerprint density at radius 1 is 1.41 bits per heavy atom. The minimum absolute atomic E-state index is 0.0860. The molecular weight excluding hydrogens is 264 g/mol. The fraction of sp³-hybridized carbons (Fsp3) is 0.700. The van der Waals surface area contributed by atoms with Crippen LogP contribution in [0.3, 0.4) is 0 Å². The van der Waals surface area contributed by atoms with Gasteiger partial charge in [-0.1, -0.05) is 5.16 Å². The zero-order chi connectivity index (χ0) is 13.4. The lowest BCUT2D eigenvalue weighted by molar-refractivity contribution is 0.390. The van der Waals surface area contributed by atoms with E-state index in [0.717, 1.165) is 0 Å². The number of hydrogen-bond donors (Lipinski definition) is 1. The third-order valence-electron chi connectivity index (χ3n) is 2.63. The van der Waals surface area contributed by atoms with E-state index in [2.05, 4.69) is 9.88 Å². The van der Waals surface area contributed by atoms with Crippen LogP contribution >= 0.6 is 11.6 Å². The standard InChI is InChI=1S/C10H17ClN2O3S/c1-6-9(7(2)16-12-6)17(14,15)13-10(4,5)8(3)11/h8,13H,1-5H3. The first-order chi connectivity index (χ1) is 7.58. The maximum absolute atomic E-state index is 12.2. The summed E-state index contributed by atoms with van der Waals surface area (Å²) in [5, 5.41) is 3.28. The van der Waals surface area contributed by atoms with Crippen LogP contribution < -0.4 is 4.72 Å². The van der Waals surface area contributed by atoms with Crippen LogP contribution in [0.4, 0.5) is 0 Å². The molecule has 1 rings (SSSR count). The predicted octanol–water partition coefficient (Wildman–Crippen LogP) is 1.98. The monoisotopic (exact) mass is 280 g/mol. The van der Waals surface area contributed by atoms with Gasteiger partial charge in [-0.3, -0.25) is 0 Å². The molecule has 17 heavy (non-hydrogen) atoms. The first-order valence-corrected chi connectivity index (χ1v) is 7.11. The summed E-state index contributed by atoms with van der Waals surface area (Å²) in [6.45, 7) is 8.33. The van der Waals surface area contributed by atoms with Crippen LogP contribution in [0.25, 0.3) is 0 Å². The summed E-state index contributed by atoms with van der Waals surface area (Å²) in [5.41, 5.74) is -0.413. The molecule has 0 aliphatic rings. The number of aromatic nitrogens is 1. The summed E-state index contributed by atoms with van der Waals surface area (Å²) in [4.78, 5) is 0.0860. The first-order valence-electron chi connectivity index (χ1n) is 5.19. The van der Waals surface area contributed by atoms with E-state index in [9.17, 15) is 8.42 Å². The lowest BCUT2D eigenvalue weighted by atomic mass is 10.0. The Morgan fingerprint density at radius 3 is 2.29 bits per heavy atom. The van der Waals surface area contributed by atoms with Gasteiger partial charge in [0.2, 0.25) is 10.0 Å². The van der Waals surface area contributed by atoms with Gasteiger partial charge in [-0.05, 0) is 34.6 Å². The van der Waals surface area contributed by atoms with E-state index in [1.54, 1.807) is 34.6 Å². The maximum atomic E-state index is 12.2. The number of alkyl halides is 1. The summed E-state index contributed by atoms with van der Waals surface area (Å²) in [5.74, 6) is 0.271. The average molecular weight is 281 g/mol. The molecule has 0 radical (unpaired) electrons. The van der Waals surface area contributed by atoms with E-state index < -0.39 is 15.6 Å². The first kappa shape index (κ1) is 14.5. The number of nitrogens with one attached hydrogen (secondary N) is 1. The number of hydrogen-bond acceptors (Lipinski definition) is 4. The molecule has 1 unspecified atom stereocenters. The molecule has 0 fully saturated rings. The van der Waals surface area contributed by atoms with Gasteiger partial charge in [0.15, 0.2) is 5.76 Å². The molecule has 1 aromatic rings. The Balaban J connectivity index is 3.15. The van der Waals surface area contributed by atoms with Crippen LogP contribution in [0.2, 0.25) is 0 Å². The van der Waals surface area contributed by atoms with Crippen molar-refractivity contribution in [2.24, 2.45) is 0 Å². The molecular formula is C10H17ClN2O3S. The molecule has 7 heteroatoms. The zero-order valence-corrected chi connectivity index (χ0v) is 12.1. The molecule has 0 saturated carbocycles. The minimum Gasteiger partial charge on any atom is -0.360 e. The fourth-order valence-electron chi connectivity index (χ4n) is 1.34. The summed E-state index contributed by atoms with van der Waals surface area (Å²) < 4.78 is 31.8. The van der Waals surface area contributed by atoms with Gasteiger partial charge in [0.1, 0.15) is 10.6 Å². The van der Waals surface area contributed by atoms with Crippen LogP contribution in [-0.2, 0) is 10.0 Å². The second kappa shape index (κ2) is 4.59. The molecule has 0 saturated heterocycles. The highest BCUT2D eigenvalue weighted by atomic mass is 35.5. The largest absolute Gasteiger partial charge is 0.360 e. The molecule has 0 bridgehead atoms. The van der Waals surface area contributed by atoms with Gasteiger partial charge in [-0.2, -0.15) is 0 Å². The molecule has 1 N–H and O–H groups in total. The molecule has 0 aliphatic heterocycles. The summed E-state index contributed by atoms with van der Waals surface area (Å²) in [6.07, 6.45) is 0. The highest BCUT2D eigenvalue weighted by molar-refractivity contribution is 7.89. The van der Waals surface area contributed by atoms with Crippen LogP contribution in [0.1, 0.15) is 32.2 Å². The molecule has 0 aromatic carbocycles. The van der Waals surface area contributed by atoms with Crippen LogP contribution in [0.5, 0.6) is 0 Å². The van der Waals surface area contributed by atoms with Crippen molar-refractivity contribution in [2.75, 3.05) is 0 Å². The smallest absolute Gasteiger partial charge is 0.246 e. The second-order valence-electron chi connectivity index (χ2n) is 4.60. The summed E-state index contributed by atoms with van der Waals surface area (Å²) >= 11 is 5.95. The van der Waals surface area contributed by atoms with E-state index in [4.69, 9.17) is 16.1 Å². The van der Waals surface area contributed by atoms with E-state index in [1.807, 2.05) is 0 Å². The number of rotatable bonds is 4. The van der Waals surface area contributed by atoms with Gasteiger partial charge in [-0.15, -0.1) is 11.6 Å². The topological polar surface area (TPSA) is 72.2 Å². The van der Waals surface area contributed by atoms with Gasteiger partial charge < -0.3 is 4.52 Å². The van der Waals surface area contributed by atoms with Gasteiger partial charge >= 0.3 is 0 Å². The third kappa shape index (κ3) is 3.00. The predicted molar refractivity (Wildman–Crippen MR) is 65.7 cm³/mol. The highest BCUT2D eigenvalue weighted by Crippen LogP contribution is 2.23. The fourth-order valence-corrected chi connectivity index (χ4v) is 3.27. The van der Waals surface area contributed by atoms with E-state index in [0.29, 0.717) is 5.69 Å². The maximum Gasteiger partial charge on any atom is 0.246 e. The molecule has 1 atom stereocenters. The lowest BCUT2D eigenvalue weighted by Gasteiger charge is -2.28. The molecule has 0 spiro atoms. The molecule has 1 aromatic heterocycles. The van der Waals surface area contributed by atoms with E-state index in [-0.39, 0.29) is 16.0 Å². The van der Waals surface area contributed by atoms with Crippen molar-refractivity contribution in [3.8, 4) is 0 Å². The second-order valence-corrected chi connectivity index (χ2v) is 6.87. The number of halogens is 1. The Kier molecular flexibility index (Phi) is 3.91. The van der Waals surface area contributed by atoms with Crippen molar-refractivity contribution in [2.45, 2.75) is 50.4 Å². The summed E-state index contributed by atoms with van der Waals surface area (Å²) in [7, 11) is -3.67. The SMILES string of the molecule is Cc1noc(C)c1S(=O)(=O)NC(C)(C)C(C)Cl. The van der Waals surface area contributed by atoms with Crippen molar-refractivity contribution >= 4 is 21.6 Å². The van der Waals surface area contributed by atoms with E-state index >= 15 is 0 Å². The van der Waals surface area contributed by atoms with Gasteiger partial charge in [0, 0.05) is 10.9 Å². The molecule has 5 nitrogen and oxygen atoms in total. The Hall–Kier alpha value is -0.590. The quantitative estimate of drug-likeness (QED) is 0.856. The van der Waals surface area contributed by atoms with Crippen LogP contribution in [0, 0.1) is 13.8 Å². The van der Waals surface area contributed by atoms with Crippen molar-refractivity contribution in [1.82, 2.24) is 9.88 Å². The Bertz CT molecular complexity index is 486. The molecule has 0 amide bonds. The number of nitrogens with zero attached hydrogens (tertiary/aromatic N) is 1. The average Bonchev–Trinajstić information content (AvgIpc) is 2.44. The minimum atomic E-state index is -3.67. The summed E-state index contributed by atoms with van der Waals surface area (Å²) in [6, 6.07) is 0. The number of sulfonamides is 1. The van der Waals surface area contributed by atoms with Gasteiger partial charge in [-0.25, -0.2) is 13.1 Å². The van der Waals surface area contributed by atoms with Gasteiger partial charge in [0.05, 0.1) is 0 Å².